The van der Waals surface area contributed by atoms with E-state index < -0.39 is 16.0 Å². The molecule has 0 aliphatic rings. The van der Waals surface area contributed by atoms with Crippen molar-refractivity contribution in [2.45, 2.75) is 18.4 Å². The average molecular weight is 411 g/mol. The highest BCUT2D eigenvalue weighted by molar-refractivity contribution is 7.92. The first-order valence-electron chi connectivity index (χ1n) is 9.05. The lowest BCUT2D eigenvalue weighted by Crippen LogP contribution is -2.31. The summed E-state index contributed by atoms with van der Waals surface area (Å²) in [4.78, 5) is 11.2. The molecule has 150 valence electrons. The summed E-state index contributed by atoms with van der Waals surface area (Å²) in [7, 11) is -4.06. The van der Waals surface area contributed by atoms with Gasteiger partial charge >= 0.3 is 5.97 Å². The Morgan fingerprint density at radius 3 is 2.34 bits per heavy atom. The number of carbonyl (C=O) groups is 1. The Kier molecular flexibility index (Phi) is 6.19. The third-order valence-corrected chi connectivity index (χ3v) is 6.03. The number of anilines is 1. The van der Waals surface area contributed by atoms with Crippen molar-refractivity contribution in [3.8, 4) is 5.75 Å². The normalized spacial score (nSPS) is 11.1. The Bertz CT molecular complexity index is 1100. The molecular formula is C22H21NO5S. The van der Waals surface area contributed by atoms with Gasteiger partial charge in [0, 0.05) is 0 Å². The van der Waals surface area contributed by atoms with Crippen LogP contribution in [0.15, 0.2) is 83.8 Å². The monoisotopic (exact) mass is 411 g/mol. The summed E-state index contributed by atoms with van der Waals surface area (Å²) in [6.45, 7) is 2.28. The number of carboxylic acid groups (broad SMARTS) is 1. The molecule has 29 heavy (non-hydrogen) atoms. The number of ether oxygens (including phenoxy) is 1. The van der Waals surface area contributed by atoms with Crippen LogP contribution >= 0.6 is 0 Å². The van der Waals surface area contributed by atoms with Crippen molar-refractivity contribution in [1.29, 1.82) is 0 Å². The van der Waals surface area contributed by atoms with E-state index in [4.69, 9.17) is 4.74 Å². The highest BCUT2D eigenvalue weighted by Gasteiger charge is 2.28. The molecule has 0 aliphatic carbocycles. The molecule has 0 aromatic heterocycles. The van der Waals surface area contributed by atoms with Gasteiger partial charge in [-0.3, -0.25) is 4.31 Å². The minimum Gasteiger partial charge on any atom is -0.492 e. The minimum absolute atomic E-state index is 0.0740. The van der Waals surface area contributed by atoms with Gasteiger partial charge in [-0.05, 0) is 42.8 Å². The maximum Gasteiger partial charge on any atom is 0.335 e. The predicted octanol–water partition coefficient (Wildman–Crippen LogP) is 4.18. The number of para-hydroxylation sites is 2. The van der Waals surface area contributed by atoms with Gasteiger partial charge in [0.1, 0.15) is 5.75 Å². The molecule has 0 bridgehead atoms. The first-order valence-corrected chi connectivity index (χ1v) is 10.5. The van der Waals surface area contributed by atoms with Crippen molar-refractivity contribution >= 4 is 21.7 Å². The zero-order chi connectivity index (χ0) is 20.9. The highest BCUT2D eigenvalue weighted by atomic mass is 32.2. The molecular weight excluding hydrogens is 390 g/mol. The van der Waals surface area contributed by atoms with E-state index in [0.29, 0.717) is 18.0 Å². The van der Waals surface area contributed by atoms with E-state index in [0.717, 1.165) is 5.56 Å². The molecule has 0 amide bonds. The first kappa shape index (κ1) is 20.4. The maximum atomic E-state index is 13.5. The summed E-state index contributed by atoms with van der Waals surface area (Å²) in [5.41, 5.74) is 1.08. The molecule has 0 saturated carbocycles. The van der Waals surface area contributed by atoms with E-state index in [2.05, 4.69) is 0 Å². The number of hydrogen-bond donors (Lipinski definition) is 1. The molecule has 3 rings (SSSR count). The minimum atomic E-state index is -4.06. The lowest BCUT2D eigenvalue weighted by Gasteiger charge is -2.26. The van der Waals surface area contributed by atoms with Crippen LogP contribution in [0.2, 0.25) is 0 Å². The third kappa shape index (κ3) is 4.57. The molecule has 0 atom stereocenters. The number of hydrogen-bond acceptors (Lipinski definition) is 4. The fourth-order valence-electron chi connectivity index (χ4n) is 2.91. The molecule has 0 aliphatic heterocycles. The van der Waals surface area contributed by atoms with Gasteiger partial charge in [-0.1, -0.05) is 48.5 Å². The van der Waals surface area contributed by atoms with Crippen molar-refractivity contribution in [2.75, 3.05) is 10.9 Å². The summed E-state index contributed by atoms with van der Waals surface area (Å²) >= 11 is 0. The molecule has 6 nitrogen and oxygen atoms in total. The fraction of sp³-hybridized carbons (Fsp3) is 0.136. The van der Waals surface area contributed by atoms with Crippen LogP contribution in [0.4, 0.5) is 5.69 Å². The zero-order valence-corrected chi connectivity index (χ0v) is 16.7. The second kappa shape index (κ2) is 8.79. The van der Waals surface area contributed by atoms with Gasteiger partial charge in [-0.25, -0.2) is 13.2 Å². The largest absolute Gasteiger partial charge is 0.492 e. The Balaban J connectivity index is 2.14. The summed E-state index contributed by atoms with van der Waals surface area (Å²) in [6.07, 6.45) is 0. The molecule has 1 N–H and O–H groups in total. The number of sulfonamides is 1. The Hall–Kier alpha value is -3.32. The van der Waals surface area contributed by atoms with Crippen molar-refractivity contribution < 1.29 is 23.1 Å². The molecule has 0 saturated heterocycles. The second-order valence-electron chi connectivity index (χ2n) is 6.23. The van der Waals surface area contributed by atoms with Crippen LogP contribution in [0, 0.1) is 0 Å². The summed E-state index contributed by atoms with van der Waals surface area (Å²) in [6, 6.07) is 21.4. The SMILES string of the molecule is CCOc1ccccc1N(Cc1ccccc1)S(=O)(=O)c1cccc(C(=O)O)c1. The molecule has 0 unspecified atom stereocenters. The Morgan fingerprint density at radius 2 is 1.66 bits per heavy atom. The van der Waals surface area contributed by atoms with E-state index in [1.54, 1.807) is 24.3 Å². The predicted molar refractivity (Wildman–Crippen MR) is 111 cm³/mol. The molecule has 0 heterocycles. The number of nitrogens with zero attached hydrogens (tertiary/aromatic N) is 1. The average Bonchev–Trinajstić information content (AvgIpc) is 2.73. The summed E-state index contributed by atoms with van der Waals surface area (Å²) in [5, 5.41) is 9.25. The lowest BCUT2D eigenvalue weighted by molar-refractivity contribution is 0.0696. The molecule has 0 radical (unpaired) electrons. The van der Waals surface area contributed by atoms with Crippen molar-refractivity contribution in [1.82, 2.24) is 0 Å². The van der Waals surface area contributed by atoms with Crippen molar-refractivity contribution in [3.63, 3.8) is 0 Å². The number of carboxylic acids is 1. The van der Waals surface area contributed by atoms with Gasteiger partial charge in [0.25, 0.3) is 10.0 Å². The van der Waals surface area contributed by atoms with E-state index in [1.807, 2.05) is 37.3 Å². The van der Waals surface area contributed by atoms with Crippen LogP contribution in [-0.2, 0) is 16.6 Å². The third-order valence-electron chi connectivity index (χ3n) is 4.27. The van der Waals surface area contributed by atoms with Crippen LogP contribution in [0.3, 0.4) is 0 Å². The highest BCUT2D eigenvalue weighted by Crippen LogP contribution is 2.34. The van der Waals surface area contributed by atoms with E-state index in [-0.39, 0.29) is 17.0 Å². The molecule has 3 aromatic carbocycles. The Labute approximate surface area is 170 Å². The van der Waals surface area contributed by atoms with Gasteiger partial charge in [0.2, 0.25) is 0 Å². The van der Waals surface area contributed by atoms with Crippen LogP contribution in [0.5, 0.6) is 5.75 Å². The van der Waals surface area contributed by atoms with Gasteiger partial charge in [0.15, 0.2) is 0 Å². The van der Waals surface area contributed by atoms with Crippen molar-refractivity contribution in [2.24, 2.45) is 0 Å². The van der Waals surface area contributed by atoms with Gasteiger partial charge in [0.05, 0.1) is 29.3 Å². The van der Waals surface area contributed by atoms with Crippen molar-refractivity contribution in [3.05, 3.63) is 90.0 Å². The van der Waals surface area contributed by atoms with Gasteiger partial charge in [-0.15, -0.1) is 0 Å². The maximum absolute atomic E-state index is 13.5. The summed E-state index contributed by atoms with van der Waals surface area (Å²) < 4.78 is 34.0. The van der Waals surface area contributed by atoms with E-state index >= 15 is 0 Å². The van der Waals surface area contributed by atoms with Crippen LogP contribution in [-0.4, -0.2) is 26.1 Å². The number of aromatic carboxylic acids is 1. The van der Waals surface area contributed by atoms with Gasteiger partial charge in [-0.2, -0.15) is 0 Å². The standard InChI is InChI=1S/C22H21NO5S/c1-2-28-21-14-7-6-13-20(21)23(16-17-9-4-3-5-10-17)29(26,27)19-12-8-11-18(15-19)22(24)25/h3-15H,2,16H2,1H3,(H,24,25). The van der Waals surface area contributed by atoms with E-state index in [9.17, 15) is 18.3 Å². The molecule has 7 heteroatoms. The zero-order valence-electron chi connectivity index (χ0n) is 15.9. The second-order valence-corrected chi connectivity index (χ2v) is 8.09. The topological polar surface area (TPSA) is 83.9 Å². The fourth-order valence-corrected chi connectivity index (χ4v) is 4.42. The smallest absolute Gasteiger partial charge is 0.335 e. The summed E-state index contributed by atoms with van der Waals surface area (Å²) in [5.74, 6) is -0.754. The van der Waals surface area contributed by atoms with Crippen LogP contribution in [0.25, 0.3) is 0 Å². The molecule has 3 aromatic rings. The first-order chi connectivity index (χ1) is 13.9. The lowest BCUT2D eigenvalue weighted by atomic mass is 10.2. The quantitative estimate of drug-likeness (QED) is 0.601. The molecule has 0 fully saturated rings. The van der Waals surface area contributed by atoms with Crippen LogP contribution in [0.1, 0.15) is 22.8 Å². The number of benzene rings is 3. The molecule has 0 spiro atoms. The Morgan fingerprint density at radius 1 is 0.966 bits per heavy atom. The van der Waals surface area contributed by atoms with Crippen LogP contribution < -0.4 is 9.04 Å². The number of rotatable bonds is 8. The van der Waals surface area contributed by atoms with Gasteiger partial charge < -0.3 is 9.84 Å². The van der Waals surface area contributed by atoms with E-state index in [1.165, 1.54) is 28.6 Å².